The van der Waals surface area contributed by atoms with Crippen molar-refractivity contribution >= 4 is 22.6 Å². The maximum absolute atomic E-state index is 14.1. The topological polar surface area (TPSA) is 78.2 Å². The van der Waals surface area contributed by atoms with Crippen LogP contribution in [0.4, 0.5) is 10.1 Å². The Labute approximate surface area is 219 Å². The first kappa shape index (κ1) is 25.3. The van der Waals surface area contributed by atoms with Crippen LogP contribution in [0.25, 0.3) is 11.0 Å². The summed E-state index contributed by atoms with van der Waals surface area (Å²) in [5.41, 5.74) is 1.00. The van der Waals surface area contributed by atoms with E-state index in [2.05, 4.69) is 6.92 Å². The molecule has 2 heterocycles. The van der Waals surface area contributed by atoms with Gasteiger partial charge < -0.3 is 18.6 Å². The van der Waals surface area contributed by atoms with E-state index in [1.54, 1.807) is 43.5 Å². The van der Waals surface area contributed by atoms with Gasteiger partial charge in [0.2, 0.25) is 5.76 Å². The van der Waals surface area contributed by atoms with Crippen molar-refractivity contribution in [2.24, 2.45) is 0 Å². The van der Waals surface area contributed by atoms with Crippen molar-refractivity contribution < 1.29 is 27.8 Å². The fourth-order valence-electron chi connectivity index (χ4n) is 4.68. The number of rotatable bonds is 9. The molecule has 0 fully saturated rings. The molecule has 0 N–H and O–H groups in total. The van der Waals surface area contributed by atoms with Gasteiger partial charge in [0.25, 0.3) is 5.91 Å². The summed E-state index contributed by atoms with van der Waals surface area (Å²) in [6, 6.07) is 15.2. The van der Waals surface area contributed by atoms with Crippen molar-refractivity contribution in [3.63, 3.8) is 0 Å². The highest BCUT2D eigenvalue weighted by Crippen LogP contribution is 2.43. The number of nitrogens with zero attached hydrogens (tertiary/aromatic N) is 1. The number of halogens is 1. The molecule has 0 spiro atoms. The third kappa shape index (κ3) is 4.47. The molecule has 1 aliphatic rings. The molecule has 196 valence electrons. The van der Waals surface area contributed by atoms with E-state index in [0.29, 0.717) is 41.7 Å². The number of benzene rings is 3. The number of unbranched alkanes of at least 4 members (excludes halogenated alkanes) is 1. The molecular weight excluding hydrogens is 489 g/mol. The Bertz CT molecular complexity index is 1550. The van der Waals surface area contributed by atoms with Crippen LogP contribution >= 0.6 is 0 Å². The second kappa shape index (κ2) is 10.6. The molecule has 1 aliphatic heterocycles. The minimum absolute atomic E-state index is 0.0719. The van der Waals surface area contributed by atoms with Crippen LogP contribution in [0.2, 0.25) is 0 Å². The van der Waals surface area contributed by atoms with Crippen LogP contribution in [-0.4, -0.2) is 26.2 Å². The average molecular weight is 518 g/mol. The molecule has 1 unspecified atom stereocenters. The van der Waals surface area contributed by atoms with E-state index in [1.807, 2.05) is 13.0 Å². The summed E-state index contributed by atoms with van der Waals surface area (Å²) >= 11 is 0. The lowest BCUT2D eigenvalue weighted by atomic mass is 9.97. The molecule has 7 nitrogen and oxygen atoms in total. The number of fused-ring (bicyclic) bond motifs is 2. The van der Waals surface area contributed by atoms with Crippen LogP contribution in [0.1, 0.15) is 54.4 Å². The summed E-state index contributed by atoms with van der Waals surface area (Å²) in [7, 11) is 1.56. The highest BCUT2D eigenvalue weighted by Gasteiger charge is 2.44. The summed E-state index contributed by atoms with van der Waals surface area (Å²) in [6.45, 7) is 4.90. The zero-order chi connectivity index (χ0) is 26.8. The van der Waals surface area contributed by atoms with E-state index in [9.17, 15) is 14.0 Å². The summed E-state index contributed by atoms with van der Waals surface area (Å²) in [6.07, 6.45) is 1.89. The molecule has 0 saturated carbocycles. The number of hydrogen-bond acceptors (Lipinski definition) is 6. The lowest BCUT2D eigenvalue weighted by Crippen LogP contribution is -2.29. The second-order valence-electron chi connectivity index (χ2n) is 8.93. The van der Waals surface area contributed by atoms with Gasteiger partial charge in [0.15, 0.2) is 16.9 Å². The molecule has 5 rings (SSSR count). The van der Waals surface area contributed by atoms with E-state index < -0.39 is 23.2 Å². The predicted octanol–water partition coefficient (Wildman–Crippen LogP) is 6.27. The van der Waals surface area contributed by atoms with Gasteiger partial charge >= 0.3 is 0 Å². The second-order valence-corrected chi connectivity index (χ2v) is 8.93. The van der Waals surface area contributed by atoms with E-state index in [-0.39, 0.29) is 22.3 Å². The van der Waals surface area contributed by atoms with Crippen LogP contribution in [0.3, 0.4) is 0 Å². The Morgan fingerprint density at radius 3 is 2.45 bits per heavy atom. The van der Waals surface area contributed by atoms with Gasteiger partial charge in [-0.15, -0.1) is 0 Å². The van der Waals surface area contributed by atoms with Gasteiger partial charge in [-0.1, -0.05) is 19.4 Å². The lowest BCUT2D eigenvalue weighted by Gasteiger charge is -2.26. The monoisotopic (exact) mass is 517 g/mol. The third-order valence-electron chi connectivity index (χ3n) is 6.52. The van der Waals surface area contributed by atoms with Gasteiger partial charge in [-0.3, -0.25) is 14.5 Å². The summed E-state index contributed by atoms with van der Waals surface area (Å²) in [5.74, 6) is 0.600. The van der Waals surface area contributed by atoms with Gasteiger partial charge in [-0.05, 0) is 73.5 Å². The Morgan fingerprint density at radius 1 is 0.947 bits per heavy atom. The van der Waals surface area contributed by atoms with Crippen LogP contribution in [0.5, 0.6) is 17.2 Å². The zero-order valence-electron chi connectivity index (χ0n) is 21.5. The minimum Gasteiger partial charge on any atom is -0.497 e. The SMILES string of the molecule is CCCCOc1ccc(C2c3c(oc4ccc(F)cc4c3=O)C(=O)N2c2ccc(OC)cc2)cc1OCC. The van der Waals surface area contributed by atoms with Crippen molar-refractivity contribution in [1.82, 2.24) is 0 Å². The first-order valence-corrected chi connectivity index (χ1v) is 12.6. The highest BCUT2D eigenvalue weighted by molar-refractivity contribution is 6.10. The molecule has 0 saturated heterocycles. The van der Waals surface area contributed by atoms with E-state index in [4.69, 9.17) is 18.6 Å². The highest BCUT2D eigenvalue weighted by atomic mass is 19.1. The number of carbonyl (C=O) groups is 1. The van der Waals surface area contributed by atoms with Gasteiger partial charge in [-0.25, -0.2) is 4.39 Å². The van der Waals surface area contributed by atoms with Gasteiger partial charge in [0.05, 0.1) is 37.3 Å². The van der Waals surface area contributed by atoms with Gasteiger partial charge in [-0.2, -0.15) is 0 Å². The van der Waals surface area contributed by atoms with Crippen molar-refractivity contribution in [3.05, 3.63) is 93.6 Å². The van der Waals surface area contributed by atoms with Crippen molar-refractivity contribution in [3.8, 4) is 17.2 Å². The zero-order valence-corrected chi connectivity index (χ0v) is 21.5. The number of carbonyl (C=O) groups excluding carboxylic acids is 1. The van der Waals surface area contributed by atoms with Gasteiger partial charge in [0, 0.05) is 5.69 Å². The molecular formula is C30H28FNO6. The summed E-state index contributed by atoms with van der Waals surface area (Å²) < 4.78 is 37.1. The molecule has 1 amide bonds. The van der Waals surface area contributed by atoms with Crippen LogP contribution in [-0.2, 0) is 0 Å². The fourth-order valence-corrected chi connectivity index (χ4v) is 4.68. The van der Waals surface area contributed by atoms with E-state index in [1.165, 1.54) is 17.0 Å². The smallest absolute Gasteiger partial charge is 0.295 e. The number of anilines is 1. The minimum atomic E-state index is -0.835. The molecule has 1 atom stereocenters. The van der Waals surface area contributed by atoms with Crippen LogP contribution < -0.4 is 24.5 Å². The molecule has 0 aliphatic carbocycles. The Balaban J connectivity index is 1.71. The molecule has 0 radical (unpaired) electrons. The molecule has 1 aromatic heterocycles. The number of hydrogen-bond donors (Lipinski definition) is 0. The molecule has 4 aromatic rings. The van der Waals surface area contributed by atoms with Crippen LogP contribution in [0, 0.1) is 5.82 Å². The number of amides is 1. The lowest BCUT2D eigenvalue weighted by molar-refractivity contribution is 0.0971. The Morgan fingerprint density at radius 2 is 1.74 bits per heavy atom. The average Bonchev–Trinajstić information content (AvgIpc) is 3.22. The van der Waals surface area contributed by atoms with Crippen molar-refractivity contribution in [2.75, 3.05) is 25.2 Å². The molecule has 8 heteroatoms. The largest absolute Gasteiger partial charge is 0.497 e. The first-order chi connectivity index (χ1) is 18.5. The standard InChI is InChI=1S/C30H28FNO6/c1-4-6-15-37-24-13-7-18(16-25(24)36-5-2)27-26-28(33)22-17-19(31)8-14-23(22)38-29(26)30(34)32(27)20-9-11-21(35-3)12-10-20/h7-14,16-17,27H,4-6,15H2,1-3H3. The maximum atomic E-state index is 14.1. The Kier molecular flexibility index (Phi) is 7.05. The summed E-state index contributed by atoms with van der Waals surface area (Å²) in [4.78, 5) is 29.0. The molecule has 0 bridgehead atoms. The number of methoxy groups -OCH3 is 1. The third-order valence-corrected chi connectivity index (χ3v) is 6.52. The predicted molar refractivity (Wildman–Crippen MR) is 142 cm³/mol. The fraction of sp³-hybridized carbons (Fsp3) is 0.267. The van der Waals surface area contributed by atoms with Crippen molar-refractivity contribution in [2.45, 2.75) is 32.7 Å². The van der Waals surface area contributed by atoms with E-state index >= 15 is 0 Å². The quantitative estimate of drug-likeness (QED) is 0.244. The molecule has 3 aromatic carbocycles. The summed E-state index contributed by atoms with van der Waals surface area (Å²) in [5, 5.41) is 0.0719. The van der Waals surface area contributed by atoms with E-state index in [0.717, 1.165) is 18.9 Å². The Hall–Kier alpha value is -4.33. The normalized spacial score (nSPS) is 14.6. The first-order valence-electron chi connectivity index (χ1n) is 12.6. The van der Waals surface area contributed by atoms with Crippen LogP contribution in [0.15, 0.2) is 69.9 Å². The maximum Gasteiger partial charge on any atom is 0.295 e. The molecule has 38 heavy (non-hydrogen) atoms. The number of ether oxygens (including phenoxy) is 3. The van der Waals surface area contributed by atoms with Gasteiger partial charge in [0.1, 0.15) is 17.1 Å². The van der Waals surface area contributed by atoms with Crippen molar-refractivity contribution in [1.29, 1.82) is 0 Å².